The average Bonchev–Trinajstić information content (AvgIpc) is 3.68. The maximum atomic E-state index is 14.4. The molecule has 3 atom stereocenters. The molecule has 4 amide bonds. The topological polar surface area (TPSA) is 126 Å². The second-order valence-corrected chi connectivity index (χ2v) is 16.7. The van der Waals surface area contributed by atoms with Crippen LogP contribution in [-0.2, 0) is 43.1 Å². The zero-order valence-corrected chi connectivity index (χ0v) is 32.5. The lowest BCUT2D eigenvalue weighted by atomic mass is 9.70. The normalized spacial score (nSPS) is 19.3. The van der Waals surface area contributed by atoms with E-state index >= 15 is 0 Å². The summed E-state index contributed by atoms with van der Waals surface area (Å²) in [5.74, 6) is -1.53. The van der Waals surface area contributed by atoms with Crippen molar-refractivity contribution >= 4 is 23.6 Å². The van der Waals surface area contributed by atoms with E-state index in [1.165, 1.54) is 12.6 Å². The Morgan fingerprint density at radius 1 is 0.873 bits per heavy atom. The van der Waals surface area contributed by atoms with Gasteiger partial charge in [-0.25, -0.2) is 0 Å². The van der Waals surface area contributed by atoms with Crippen molar-refractivity contribution in [1.82, 2.24) is 30.2 Å². The highest BCUT2D eigenvalue weighted by Gasteiger charge is 2.63. The summed E-state index contributed by atoms with van der Waals surface area (Å²) < 4.78 is 7.82. The monoisotopic (exact) mass is 744 g/mol. The van der Waals surface area contributed by atoms with E-state index in [-0.39, 0.29) is 42.2 Å². The Balaban J connectivity index is 1.10. The van der Waals surface area contributed by atoms with E-state index in [4.69, 9.17) is 4.74 Å². The molecule has 4 aromatic rings. The minimum Gasteiger partial charge on any atom is -0.371 e. The van der Waals surface area contributed by atoms with Gasteiger partial charge in [0, 0.05) is 44.8 Å². The first kappa shape index (κ1) is 38.0. The molecule has 11 heteroatoms. The first-order chi connectivity index (χ1) is 26.3. The average molecular weight is 745 g/mol. The van der Waals surface area contributed by atoms with E-state index in [9.17, 15) is 19.2 Å². The molecule has 3 fully saturated rings. The third-order valence-corrected chi connectivity index (χ3v) is 11.7. The summed E-state index contributed by atoms with van der Waals surface area (Å²) >= 11 is 0. The summed E-state index contributed by atoms with van der Waals surface area (Å²) in [6.45, 7) is 10.2. The molecule has 11 nitrogen and oxygen atoms in total. The van der Waals surface area contributed by atoms with Crippen LogP contribution in [0.4, 0.5) is 0 Å². The van der Waals surface area contributed by atoms with E-state index < -0.39 is 28.9 Å². The maximum Gasteiger partial charge on any atom is 0.257 e. The number of nitrogens with zero attached hydrogens (tertiary/aromatic N) is 4. The molecule has 3 aliphatic rings. The van der Waals surface area contributed by atoms with Gasteiger partial charge in [0.1, 0.15) is 6.04 Å². The van der Waals surface area contributed by atoms with Crippen molar-refractivity contribution in [2.24, 2.45) is 11.3 Å². The lowest BCUT2D eigenvalue weighted by molar-refractivity contribution is -0.152. The Labute approximate surface area is 323 Å². The standard InChI is InChI=1S/C44H52N6O5/c1-30(55-26-32-14-10-7-11-15-32)37(39(52)45-5)47-38(51)36-25-48(40(53)33-22-46-50(24-33)23-31-12-8-6-9-13-31)27-43(36)28-49(29-43)41(54)44(20-21-44)35-18-16-34(17-19-35)42(2,3)4/h6-19,22,24,30,36-37H,20-21,23,25-29H2,1-5H3,(H,45,52)(H,47,51)/t30-,36+,37+/m1/s1. The number of carbonyl (C=O) groups excluding carboxylic acids is 4. The van der Waals surface area contributed by atoms with Crippen molar-refractivity contribution in [3.8, 4) is 0 Å². The summed E-state index contributed by atoms with van der Waals surface area (Å²) in [7, 11) is 1.53. The van der Waals surface area contributed by atoms with Crippen LogP contribution in [0.2, 0.25) is 0 Å². The fraction of sp³-hybridized carbons (Fsp3) is 0.432. The molecule has 3 aromatic carbocycles. The second kappa shape index (κ2) is 15.1. The van der Waals surface area contributed by atoms with Crippen molar-refractivity contribution in [1.29, 1.82) is 0 Å². The molecule has 3 heterocycles. The van der Waals surface area contributed by atoms with Crippen LogP contribution in [0.1, 0.15) is 73.1 Å². The molecular formula is C44H52N6O5. The number of hydrogen-bond acceptors (Lipinski definition) is 6. The van der Waals surface area contributed by atoms with Crippen molar-refractivity contribution in [3.05, 3.63) is 125 Å². The lowest BCUT2D eigenvalue weighted by Gasteiger charge is -2.51. The minimum atomic E-state index is -0.970. The SMILES string of the molecule is CNC(=O)[C@@H](NC(=O)[C@@H]1CN(C(=O)c2cnn(Cc3ccccc3)c2)CC12CN(C(=O)C1(c3ccc(C(C)(C)C)cc3)CC1)C2)[C@@H](C)OCc1ccccc1. The maximum absolute atomic E-state index is 14.4. The molecule has 1 spiro atoms. The van der Waals surface area contributed by atoms with Crippen molar-refractivity contribution in [3.63, 3.8) is 0 Å². The third kappa shape index (κ3) is 7.80. The number of nitrogens with one attached hydrogen (secondary N) is 2. The molecule has 0 radical (unpaired) electrons. The summed E-state index contributed by atoms with van der Waals surface area (Å²) in [5, 5.41) is 10.1. The molecule has 2 aliphatic heterocycles. The minimum absolute atomic E-state index is 0.00762. The number of carbonyl (C=O) groups is 4. The summed E-state index contributed by atoms with van der Waals surface area (Å²) in [5.41, 5.74) is 3.45. The van der Waals surface area contributed by atoms with Gasteiger partial charge in [0.15, 0.2) is 0 Å². The van der Waals surface area contributed by atoms with E-state index in [1.807, 2.05) is 65.6 Å². The number of amides is 4. The van der Waals surface area contributed by atoms with Gasteiger partial charge in [0.2, 0.25) is 17.7 Å². The van der Waals surface area contributed by atoms with Gasteiger partial charge in [0.05, 0.1) is 42.3 Å². The van der Waals surface area contributed by atoms with Gasteiger partial charge >= 0.3 is 0 Å². The van der Waals surface area contributed by atoms with Gasteiger partial charge in [-0.2, -0.15) is 5.10 Å². The number of aromatic nitrogens is 2. The van der Waals surface area contributed by atoms with Gasteiger partial charge in [-0.3, -0.25) is 23.9 Å². The number of hydrogen-bond donors (Lipinski definition) is 2. The molecule has 288 valence electrons. The molecule has 2 N–H and O–H groups in total. The van der Waals surface area contributed by atoms with Gasteiger partial charge in [-0.1, -0.05) is 106 Å². The van der Waals surface area contributed by atoms with Crippen molar-refractivity contribution in [2.45, 2.75) is 76.7 Å². The van der Waals surface area contributed by atoms with E-state index in [2.05, 4.69) is 60.8 Å². The Bertz CT molecular complexity index is 2010. The Hall–Kier alpha value is -5.29. The number of rotatable bonds is 12. The predicted octanol–water partition coefficient (Wildman–Crippen LogP) is 4.70. The van der Waals surface area contributed by atoms with Gasteiger partial charge < -0.3 is 25.2 Å². The van der Waals surface area contributed by atoms with Gasteiger partial charge in [-0.05, 0) is 47.4 Å². The highest BCUT2D eigenvalue weighted by molar-refractivity contribution is 5.96. The van der Waals surface area contributed by atoms with Crippen LogP contribution in [0.15, 0.2) is 97.3 Å². The van der Waals surface area contributed by atoms with Crippen LogP contribution in [0.25, 0.3) is 0 Å². The summed E-state index contributed by atoms with van der Waals surface area (Å²) in [4.78, 5) is 59.4. The molecule has 7 rings (SSSR count). The van der Waals surface area contributed by atoms with Crippen LogP contribution >= 0.6 is 0 Å². The Morgan fingerprint density at radius 3 is 2.09 bits per heavy atom. The van der Waals surface area contributed by atoms with E-state index in [0.29, 0.717) is 31.7 Å². The van der Waals surface area contributed by atoms with Crippen LogP contribution < -0.4 is 10.6 Å². The number of ether oxygens (including phenoxy) is 1. The molecule has 1 aromatic heterocycles. The van der Waals surface area contributed by atoms with E-state index in [0.717, 1.165) is 29.5 Å². The number of likely N-dealkylation sites (N-methyl/N-ethyl adjacent to an activating group) is 1. The Morgan fingerprint density at radius 2 is 1.49 bits per heavy atom. The smallest absolute Gasteiger partial charge is 0.257 e. The third-order valence-electron chi connectivity index (χ3n) is 11.7. The highest BCUT2D eigenvalue weighted by Crippen LogP contribution is 2.53. The molecule has 55 heavy (non-hydrogen) atoms. The quantitative estimate of drug-likeness (QED) is 0.217. The summed E-state index contributed by atoms with van der Waals surface area (Å²) in [6, 6.07) is 27.0. The predicted molar refractivity (Wildman–Crippen MR) is 209 cm³/mol. The number of likely N-dealkylation sites (tertiary alicyclic amines) is 2. The Kier molecular flexibility index (Phi) is 10.4. The molecule has 1 aliphatic carbocycles. The number of benzene rings is 3. The zero-order chi connectivity index (χ0) is 39.0. The van der Waals surface area contributed by atoms with Crippen LogP contribution in [0, 0.1) is 11.3 Å². The molecule has 2 saturated heterocycles. The van der Waals surface area contributed by atoms with Crippen molar-refractivity contribution < 1.29 is 23.9 Å². The zero-order valence-electron chi connectivity index (χ0n) is 32.5. The van der Waals surface area contributed by atoms with Crippen LogP contribution in [0.5, 0.6) is 0 Å². The highest BCUT2D eigenvalue weighted by atomic mass is 16.5. The second-order valence-electron chi connectivity index (χ2n) is 16.7. The summed E-state index contributed by atoms with van der Waals surface area (Å²) in [6.07, 6.45) is 4.22. The lowest BCUT2D eigenvalue weighted by Crippen LogP contribution is -2.66. The van der Waals surface area contributed by atoms with Crippen molar-refractivity contribution in [2.75, 3.05) is 33.2 Å². The molecule has 1 saturated carbocycles. The van der Waals surface area contributed by atoms with Crippen LogP contribution in [0.3, 0.4) is 0 Å². The van der Waals surface area contributed by atoms with Gasteiger partial charge in [-0.15, -0.1) is 0 Å². The largest absolute Gasteiger partial charge is 0.371 e. The van der Waals surface area contributed by atoms with E-state index in [1.54, 1.807) is 28.9 Å². The van der Waals surface area contributed by atoms with Crippen LogP contribution in [-0.4, -0.2) is 88.6 Å². The fourth-order valence-corrected chi connectivity index (χ4v) is 8.22. The molecule has 0 unspecified atom stereocenters. The first-order valence-electron chi connectivity index (χ1n) is 19.3. The molecule has 0 bridgehead atoms. The first-order valence-corrected chi connectivity index (χ1v) is 19.3. The van der Waals surface area contributed by atoms with Gasteiger partial charge in [0.25, 0.3) is 5.91 Å². The fourth-order valence-electron chi connectivity index (χ4n) is 8.22. The molecular weight excluding hydrogens is 693 g/mol.